The number of rotatable bonds is 6. The van der Waals surface area contributed by atoms with Gasteiger partial charge in [-0.25, -0.2) is 4.98 Å². The molecule has 0 aliphatic rings. The summed E-state index contributed by atoms with van der Waals surface area (Å²) < 4.78 is 6.46. The maximum absolute atomic E-state index is 12.6. The number of amides is 1. The minimum atomic E-state index is -0.475. The van der Waals surface area contributed by atoms with Gasteiger partial charge in [-0.15, -0.1) is 17.9 Å². The van der Waals surface area contributed by atoms with Gasteiger partial charge in [0.2, 0.25) is 5.91 Å². The van der Waals surface area contributed by atoms with E-state index in [1.807, 2.05) is 5.38 Å². The maximum atomic E-state index is 12.6. The van der Waals surface area contributed by atoms with Crippen molar-refractivity contribution in [3.05, 3.63) is 46.3 Å². The molecule has 9 heteroatoms. The SMILES string of the molecule is C=CCn1c(SC(C)C(=O)Nc2cc(C)on2)nc2sccc2c1=O. The van der Waals surface area contributed by atoms with E-state index in [2.05, 4.69) is 22.0 Å². The molecule has 0 aliphatic carbocycles. The first kappa shape index (κ1) is 17.4. The summed E-state index contributed by atoms with van der Waals surface area (Å²) in [6.45, 7) is 7.51. The van der Waals surface area contributed by atoms with Crippen LogP contribution in [-0.2, 0) is 11.3 Å². The summed E-state index contributed by atoms with van der Waals surface area (Å²) in [6.07, 6.45) is 1.63. The molecule has 1 atom stereocenters. The summed E-state index contributed by atoms with van der Waals surface area (Å²) >= 11 is 2.61. The molecule has 3 aromatic heterocycles. The van der Waals surface area contributed by atoms with Crippen LogP contribution in [0.25, 0.3) is 10.2 Å². The third kappa shape index (κ3) is 3.67. The molecule has 7 nitrogen and oxygen atoms in total. The van der Waals surface area contributed by atoms with Crippen molar-refractivity contribution in [2.75, 3.05) is 5.32 Å². The minimum absolute atomic E-state index is 0.131. The molecule has 0 aliphatic heterocycles. The summed E-state index contributed by atoms with van der Waals surface area (Å²) in [5, 5.41) is 8.84. The Kier molecular flexibility index (Phi) is 5.05. The minimum Gasteiger partial charge on any atom is -0.360 e. The number of thioether (sulfide) groups is 1. The Morgan fingerprint density at radius 3 is 3.08 bits per heavy atom. The van der Waals surface area contributed by atoms with Crippen molar-refractivity contribution in [3.8, 4) is 0 Å². The van der Waals surface area contributed by atoms with E-state index in [1.54, 1.807) is 32.1 Å². The standard InChI is InChI=1S/C16H16N4O3S2/c1-4-6-20-15(22)11-5-7-24-14(11)18-16(20)25-10(3)13(21)17-12-8-9(2)23-19-12/h4-5,7-8,10H,1,6H2,2-3H3,(H,17,19,21). The van der Waals surface area contributed by atoms with Crippen LogP contribution < -0.4 is 10.9 Å². The average Bonchev–Trinajstić information content (AvgIpc) is 3.20. The second kappa shape index (κ2) is 7.24. The van der Waals surface area contributed by atoms with Gasteiger partial charge in [0.1, 0.15) is 10.6 Å². The fourth-order valence-electron chi connectivity index (χ4n) is 2.17. The van der Waals surface area contributed by atoms with Gasteiger partial charge >= 0.3 is 0 Å². The van der Waals surface area contributed by atoms with Crippen LogP contribution in [0.2, 0.25) is 0 Å². The number of nitrogens with zero attached hydrogens (tertiary/aromatic N) is 3. The summed E-state index contributed by atoms with van der Waals surface area (Å²) in [5.74, 6) is 0.726. The van der Waals surface area contributed by atoms with Gasteiger partial charge in [0, 0.05) is 12.6 Å². The number of thiophene rings is 1. The second-order valence-corrected chi connectivity index (χ2v) is 7.51. The zero-order chi connectivity index (χ0) is 18.0. The van der Waals surface area contributed by atoms with Crippen molar-refractivity contribution in [1.82, 2.24) is 14.7 Å². The summed E-state index contributed by atoms with van der Waals surface area (Å²) in [7, 11) is 0. The Bertz CT molecular complexity index is 989. The highest BCUT2D eigenvalue weighted by Gasteiger charge is 2.20. The largest absolute Gasteiger partial charge is 0.360 e. The van der Waals surface area contributed by atoms with E-state index >= 15 is 0 Å². The molecule has 3 rings (SSSR count). The molecular weight excluding hydrogens is 360 g/mol. The zero-order valence-corrected chi connectivity index (χ0v) is 15.3. The van der Waals surface area contributed by atoms with Crippen molar-refractivity contribution in [2.45, 2.75) is 30.8 Å². The van der Waals surface area contributed by atoms with Crippen LogP contribution in [-0.4, -0.2) is 25.9 Å². The summed E-state index contributed by atoms with van der Waals surface area (Å²) in [6, 6.07) is 3.39. The fourth-order valence-corrected chi connectivity index (χ4v) is 3.90. The smallest absolute Gasteiger partial charge is 0.263 e. The number of anilines is 1. The highest BCUT2D eigenvalue weighted by atomic mass is 32.2. The van der Waals surface area contributed by atoms with Gasteiger partial charge in [-0.1, -0.05) is 23.0 Å². The molecule has 0 spiro atoms. The van der Waals surface area contributed by atoms with Crippen molar-refractivity contribution in [3.63, 3.8) is 0 Å². The van der Waals surface area contributed by atoms with Gasteiger partial charge in [-0.05, 0) is 25.3 Å². The quantitative estimate of drug-likeness (QED) is 0.404. The monoisotopic (exact) mass is 376 g/mol. The van der Waals surface area contributed by atoms with Gasteiger partial charge < -0.3 is 9.84 Å². The predicted molar refractivity (Wildman–Crippen MR) is 99.3 cm³/mol. The third-order valence-electron chi connectivity index (χ3n) is 3.39. The van der Waals surface area contributed by atoms with E-state index in [9.17, 15) is 9.59 Å². The lowest BCUT2D eigenvalue weighted by atomic mass is 10.4. The maximum Gasteiger partial charge on any atom is 0.263 e. The molecular formula is C16H16N4O3S2. The van der Waals surface area contributed by atoms with E-state index in [0.29, 0.717) is 33.5 Å². The molecule has 0 saturated carbocycles. The first-order valence-corrected chi connectivity index (χ1v) is 9.25. The number of hydrogen-bond acceptors (Lipinski definition) is 7. The number of aryl methyl sites for hydroxylation is 1. The molecule has 3 aromatic rings. The summed E-state index contributed by atoms with van der Waals surface area (Å²) in [4.78, 5) is 30.1. The van der Waals surface area contributed by atoms with Crippen LogP contribution >= 0.6 is 23.1 Å². The summed E-state index contributed by atoms with van der Waals surface area (Å²) in [5.41, 5.74) is -0.131. The van der Waals surface area contributed by atoms with Crippen molar-refractivity contribution in [2.24, 2.45) is 0 Å². The Balaban J connectivity index is 1.85. The number of allylic oxidation sites excluding steroid dienone is 1. The molecule has 1 N–H and O–H groups in total. The number of nitrogens with one attached hydrogen (secondary N) is 1. The molecule has 25 heavy (non-hydrogen) atoms. The highest BCUT2D eigenvalue weighted by molar-refractivity contribution is 8.00. The highest BCUT2D eigenvalue weighted by Crippen LogP contribution is 2.25. The van der Waals surface area contributed by atoms with E-state index < -0.39 is 5.25 Å². The van der Waals surface area contributed by atoms with Gasteiger partial charge in [0.05, 0.1) is 10.6 Å². The molecule has 130 valence electrons. The molecule has 0 radical (unpaired) electrons. The van der Waals surface area contributed by atoms with Crippen LogP contribution in [0, 0.1) is 6.92 Å². The number of fused-ring (bicyclic) bond motifs is 1. The molecule has 1 amide bonds. The Labute approximate surface area is 151 Å². The molecule has 0 fully saturated rings. The lowest BCUT2D eigenvalue weighted by Gasteiger charge is -2.14. The van der Waals surface area contributed by atoms with Crippen LogP contribution in [0.1, 0.15) is 12.7 Å². The second-order valence-electron chi connectivity index (χ2n) is 5.31. The third-order valence-corrected chi connectivity index (χ3v) is 5.29. The topological polar surface area (TPSA) is 90.0 Å². The Hall–Kier alpha value is -2.39. The fraction of sp³-hybridized carbons (Fsp3) is 0.250. The normalized spacial score (nSPS) is 12.2. The zero-order valence-electron chi connectivity index (χ0n) is 13.7. The van der Waals surface area contributed by atoms with Crippen LogP contribution in [0.15, 0.2) is 44.6 Å². The molecule has 1 unspecified atom stereocenters. The van der Waals surface area contributed by atoms with Gasteiger partial charge in [0.25, 0.3) is 5.56 Å². The van der Waals surface area contributed by atoms with Crippen molar-refractivity contribution >= 4 is 45.0 Å². The van der Waals surface area contributed by atoms with Crippen LogP contribution in [0.5, 0.6) is 0 Å². The van der Waals surface area contributed by atoms with Crippen molar-refractivity contribution in [1.29, 1.82) is 0 Å². The van der Waals surface area contributed by atoms with E-state index in [-0.39, 0.29) is 11.5 Å². The Morgan fingerprint density at radius 1 is 1.60 bits per heavy atom. The molecule has 0 aromatic carbocycles. The first-order valence-electron chi connectivity index (χ1n) is 7.49. The van der Waals surface area contributed by atoms with E-state index in [4.69, 9.17) is 4.52 Å². The van der Waals surface area contributed by atoms with E-state index in [0.717, 1.165) is 0 Å². The first-order chi connectivity index (χ1) is 12.0. The molecule has 0 bridgehead atoms. The van der Waals surface area contributed by atoms with Crippen molar-refractivity contribution < 1.29 is 9.32 Å². The van der Waals surface area contributed by atoms with Gasteiger partial charge in [0.15, 0.2) is 11.0 Å². The van der Waals surface area contributed by atoms with Crippen LogP contribution in [0.4, 0.5) is 5.82 Å². The lowest BCUT2D eigenvalue weighted by Crippen LogP contribution is -2.26. The van der Waals surface area contributed by atoms with E-state index in [1.165, 1.54) is 27.7 Å². The number of carbonyl (C=O) groups excluding carboxylic acids is 1. The average molecular weight is 376 g/mol. The lowest BCUT2D eigenvalue weighted by molar-refractivity contribution is -0.115. The predicted octanol–water partition coefficient (Wildman–Crippen LogP) is 3.06. The van der Waals surface area contributed by atoms with Gasteiger partial charge in [-0.3, -0.25) is 14.2 Å². The van der Waals surface area contributed by atoms with Crippen LogP contribution in [0.3, 0.4) is 0 Å². The Morgan fingerprint density at radius 2 is 2.40 bits per heavy atom. The molecule has 0 saturated heterocycles. The molecule has 3 heterocycles. The number of carbonyl (C=O) groups is 1. The number of aromatic nitrogens is 3. The number of hydrogen-bond donors (Lipinski definition) is 1. The van der Waals surface area contributed by atoms with Gasteiger partial charge in [-0.2, -0.15) is 0 Å².